The highest BCUT2D eigenvalue weighted by molar-refractivity contribution is 14.0. The largest absolute Gasteiger partial charge is 0.493 e. The van der Waals surface area contributed by atoms with Crippen molar-refractivity contribution in [1.82, 2.24) is 15.5 Å². The zero-order chi connectivity index (χ0) is 19.8. The van der Waals surface area contributed by atoms with Crippen molar-refractivity contribution in [3.8, 4) is 5.75 Å². The third-order valence-electron chi connectivity index (χ3n) is 5.57. The lowest BCUT2D eigenvalue weighted by atomic mass is 10.0. The minimum Gasteiger partial charge on any atom is -0.493 e. The number of carbonyl (C=O) groups excluding carboxylic acids is 1. The number of piperidine rings is 1. The number of carbonyl (C=O) groups is 1. The maximum atomic E-state index is 12.4. The van der Waals surface area contributed by atoms with Gasteiger partial charge in [0.1, 0.15) is 5.75 Å². The van der Waals surface area contributed by atoms with E-state index >= 15 is 0 Å². The third kappa shape index (κ3) is 7.68. The van der Waals surface area contributed by atoms with Crippen LogP contribution in [0.25, 0.3) is 0 Å². The van der Waals surface area contributed by atoms with E-state index in [4.69, 9.17) is 4.74 Å². The monoisotopic (exact) mass is 514 g/mol. The molecule has 1 aliphatic heterocycles. The van der Waals surface area contributed by atoms with Crippen LogP contribution in [0.4, 0.5) is 0 Å². The van der Waals surface area contributed by atoms with Crippen molar-refractivity contribution in [2.24, 2.45) is 10.9 Å². The van der Waals surface area contributed by atoms with Crippen molar-refractivity contribution < 1.29 is 9.53 Å². The minimum absolute atomic E-state index is 0. The molecule has 1 aromatic rings. The number of hydrogen-bond acceptors (Lipinski definition) is 3. The molecule has 0 bridgehead atoms. The Balaban J connectivity index is 0.00000300. The molecule has 2 fully saturated rings. The smallest absolute Gasteiger partial charge is 0.224 e. The Morgan fingerprint density at radius 3 is 2.72 bits per heavy atom. The lowest BCUT2D eigenvalue weighted by molar-refractivity contribution is -0.134. The van der Waals surface area contributed by atoms with E-state index in [1.807, 2.05) is 23.1 Å². The van der Waals surface area contributed by atoms with Crippen molar-refractivity contribution in [1.29, 1.82) is 0 Å². The molecule has 29 heavy (non-hydrogen) atoms. The molecule has 1 heterocycles. The fourth-order valence-corrected chi connectivity index (χ4v) is 3.58. The number of hydrogen-bond donors (Lipinski definition) is 2. The van der Waals surface area contributed by atoms with E-state index in [2.05, 4.69) is 28.6 Å². The van der Waals surface area contributed by atoms with Crippen LogP contribution in [0.3, 0.4) is 0 Å². The van der Waals surface area contributed by atoms with E-state index in [9.17, 15) is 4.79 Å². The van der Waals surface area contributed by atoms with Gasteiger partial charge in [0.05, 0.1) is 6.61 Å². The molecule has 2 aliphatic rings. The zero-order valence-corrected chi connectivity index (χ0v) is 20.0. The summed E-state index contributed by atoms with van der Waals surface area (Å²) < 4.78 is 5.97. The number of nitrogens with one attached hydrogen (secondary N) is 2. The van der Waals surface area contributed by atoms with Crippen LogP contribution < -0.4 is 15.4 Å². The number of para-hydroxylation sites is 1. The maximum absolute atomic E-state index is 12.4. The van der Waals surface area contributed by atoms with Crippen LogP contribution in [0.5, 0.6) is 5.75 Å². The van der Waals surface area contributed by atoms with Crippen LogP contribution in [0.1, 0.15) is 51.0 Å². The molecule has 1 saturated heterocycles. The van der Waals surface area contributed by atoms with Gasteiger partial charge in [-0.1, -0.05) is 18.2 Å². The predicted octanol–water partition coefficient (Wildman–Crippen LogP) is 3.55. The standard InChI is InChI=1S/C22H34N4O2.HI/c1-17-7-5-6-14-26(17)21(27)12-13-24-22(23-2)25-15-19-8-3-4-9-20(19)28-16-18-10-11-18;/h3-4,8-9,17-18H,5-7,10-16H2,1-2H3,(H2,23,24,25);1H. The molecule has 2 N–H and O–H groups in total. The Kier molecular flexibility index (Phi) is 10.0. The van der Waals surface area contributed by atoms with Crippen molar-refractivity contribution >= 4 is 35.8 Å². The zero-order valence-electron chi connectivity index (χ0n) is 17.7. The molecule has 0 radical (unpaired) electrons. The number of amides is 1. The second kappa shape index (κ2) is 12.2. The van der Waals surface area contributed by atoms with Crippen molar-refractivity contribution in [3.63, 3.8) is 0 Å². The van der Waals surface area contributed by atoms with Crippen molar-refractivity contribution in [2.75, 3.05) is 26.7 Å². The Hall–Kier alpha value is -1.51. The van der Waals surface area contributed by atoms with Crippen LogP contribution in [-0.2, 0) is 11.3 Å². The summed E-state index contributed by atoms with van der Waals surface area (Å²) in [5.74, 6) is 2.60. The first-order valence-electron chi connectivity index (χ1n) is 10.6. The van der Waals surface area contributed by atoms with Gasteiger partial charge >= 0.3 is 0 Å². The molecule has 162 valence electrons. The molecule has 1 atom stereocenters. The molecule has 0 spiro atoms. The van der Waals surface area contributed by atoms with Gasteiger partial charge in [0.2, 0.25) is 5.91 Å². The van der Waals surface area contributed by atoms with Gasteiger partial charge in [-0.2, -0.15) is 0 Å². The fraction of sp³-hybridized carbons (Fsp3) is 0.636. The summed E-state index contributed by atoms with van der Waals surface area (Å²) in [5, 5.41) is 6.58. The van der Waals surface area contributed by atoms with Crippen LogP contribution in [0.2, 0.25) is 0 Å². The fourth-order valence-electron chi connectivity index (χ4n) is 3.58. The van der Waals surface area contributed by atoms with Gasteiger partial charge in [0, 0.05) is 44.7 Å². The van der Waals surface area contributed by atoms with E-state index in [0.717, 1.165) is 43.2 Å². The highest BCUT2D eigenvalue weighted by atomic mass is 127. The van der Waals surface area contributed by atoms with Crippen LogP contribution in [0.15, 0.2) is 29.3 Å². The first-order valence-corrected chi connectivity index (χ1v) is 10.6. The molecule has 1 unspecified atom stereocenters. The second-order valence-corrected chi connectivity index (χ2v) is 7.90. The van der Waals surface area contributed by atoms with Crippen LogP contribution >= 0.6 is 24.0 Å². The van der Waals surface area contributed by atoms with Gasteiger partial charge in [-0.25, -0.2) is 0 Å². The summed E-state index contributed by atoms with van der Waals surface area (Å²) in [6.07, 6.45) is 6.52. The average Bonchev–Trinajstić information content (AvgIpc) is 3.54. The molecule has 7 heteroatoms. The Morgan fingerprint density at radius 1 is 1.21 bits per heavy atom. The molecule has 1 aliphatic carbocycles. The SMILES string of the molecule is CN=C(NCCC(=O)N1CCCCC1C)NCc1ccccc1OCC1CC1.I. The molecule has 1 amide bonds. The van der Waals surface area contributed by atoms with E-state index in [1.54, 1.807) is 7.05 Å². The van der Waals surface area contributed by atoms with Crippen LogP contribution in [0, 0.1) is 5.92 Å². The van der Waals surface area contributed by atoms with Gasteiger partial charge in [0.15, 0.2) is 5.96 Å². The Labute approximate surface area is 191 Å². The number of aliphatic imine (C=N–C) groups is 1. The van der Waals surface area contributed by atoms with E-state index in [0.29, 0.717) is 31.5 Å². The molecular weight excluding hydrogens is 479 g/mol. The summed E-state index contributed by atoms with van der Waals surface area (Å²) >= 11 is 0. The lowest BCUT2D eigenvalue weighted by Gasteiger charge is -2.33. The van der Waals surface area contributed by atoms with Crippen molar-refractivity contribution in [2.45, 2.75) is 58.0 Å². The number of guanidine groups is 1. The summed E-state index contributed by atoms with van der Waals surface area (Å²) in [6, 6.07) is 8.49. The van der Waals surface area contributed by atoms with E-state index < -0.39 is 0 Å². The number of nitrogens with zero attached hydrogens (tertiary/aromatic N) is 2. The summed E-state index contributed by atoms with van der Waals surface area (Å²) in [5.41, 5.74) is 1.12. The topological polar surface area (TPSA) is 66.0 Å². The maximum Gasteiger partial charge on any atom is 0.224 e. The van der Waals surface area contributed by atoms with Gasteiger partial charge in [-0.3, -0.25) is 9.79 Å². The summed E-state index contributed by atoms with van der Waals surface area (Å²) in [7, 11) is 1.75. The molecular formula is C22H35IN4O2. The second-order valence-electron chi connectivity index (χ2n) is 7.90. The Morgan fingerprint density at radius 2 is 2.00 bits per heavy atom. The third-order valence-corrected chi connectivity index (χ3v) is 5.57. The van der Waals surface area contributed by atoms with Gasteiger partial charge in [-0.15, -0.1) is 24.0 Å². The quantitative estimate of drug-likeness (QED) is 0.317. The average molecular weight is 514 g/mol. The number of halogens is 1. The van der Waals surface area contributed by atoms with Crippen LogP contribution in [-0.4, -0.2) is 49.6 Å². The number of benzene rings is 1. The number of ether oxygens (including phenoxy) is 1. The van der Waals surface area contributed by atoms with Gasteiger partial charge in [-0.05, 0) is 51.0 Å². The lowest BCUT2D eigenvalue weighted by Crippen LogP contribution is -2.44. The van der Waals surface area contributed by atoms with E-state index in [1.165, 1.54) is 19.3 Å². The van der Waals surface area contributed by atoms with Gasteiger partial charge < -0.3 is 20.3 Å². The van der Waals surface area contributed by atoms with E-state index in [-0.39, 0.29) is 29.9 Å². The molecule has 6 nitrogen and oxygen atoms in total. The number of likely N-dealkylation sites (tertiary alicyclic amines) is 1. The molecule has 1 saturated carbocycles. The first kappa shape index (κ1) is 23.8. The normalized spacial score (nSPS) is 19.3. The highest BCUT2D eigenvalue weighted by Crippen LogP contribution is 2.30. The highest BCUT2D eigenvalue weighted by Gasteiger charge is 2.23. The summed E-state index contributed by atoms with van der Waals surface area (Å²) in [6.45, 7) is 5.07. The Bertz CT molecular complexity index is 679. The molecule has 1 aromatic carbocycles. The van der Waals surface area contributed by atoms with Gasteiger partial charge in [0.25, 0.3) is 0 Å². The first-order chi connectivity index (χ1) is 13.7. The number of rotatable bonds is 8. The predicted molar refractivity (Wildman–Crippen MR) is 128 cm³/mol. The molecule has 0 aromatic heterocycles. The minimum atomic E-state index is 0. The summed E-state index contributed by atoms with van der Waals surface area (Å²) in [4.78, 5) is 18.7. The van der Waals surface area contributed by atoms with Crippen molar-refractivity contribution in [3.05, 3.63) is 29.8 Å². The molecule has 3 rings (SSSR count).